The molecule has 2 aliphatic rings. The number of aromatic nitrogens is 3. The molecule has 198 valence electrons. The summed E-state index contributed by atoms with van der Waals surface area (Å²) in [5, 5.41) is 16.6. The van der Waals surface area contributed by atoms with E-state index < -0.39 is 26.6 Å². The molecule has 1 atom stereocenters. The number of rotatable bonds is 8. The minimum absolute atomic E-state index is 0.271. The Morgan fingerprint density at radius 3 is 2.32 bits per heavy atom. The molecule has 1 aromatic carbocycles. The Kier molecular flexibility index (Phi) is 6.10. The van der Waals surface area contributed by atoms with Gasteiger partial charge in [-0.3, -0.25) is 4.98 Å². The van der Waals surface area contributed by atoms with Crippen LogP contribution in [0.4, 0.5) is 0 Å². The van der Waals surface area contributed by atoms with Crippen molar-refractivity contribution in [2.45, 2.75) is 50.7 Å². The van der Waals surface area contributed by atoms with E-state index in [2.05, 4.69) is 52.9 Å². The van der Waals surface area contributed by atoms with Gasteiger partial charge in [-0.1, -0.05) is 50.2 Å². The summed E-state index contributed by atoms with van der Waals surface area (Å²) in [7, 11) is 0.151. The lowest BCUT2D eigenvalue weighted by atomic mass is 9.62. The van der Waals surface area contributed by atoms with Crippen LogP contribution in [0.2, 0.25) is 0 Å². The third-order valence-electron chi connectivity index (χ3n) is 8.17. The highest BCUT2D eigenvalue weighted by molar-refractivity contribution is 7.88. The summed E-state index contributed by atoms with van der Waals surface area (Å²) in [6.45, 7) is 7.85. The number of aliphatic hydroxyl groups is 1. The molecule has 0 spiro atoms. The van der Waals surface area contributed by atoms with Crippen molar-refractivity contribution in [3.05, 3.63) is 65.3 Å². The molecule has 10 heteroatoms. The third-order valence-corrected chi connectivity index (χ3v) is 9.51. The molecule has 3 heterocycles. The summed E-state index contributed by atoms with van der Waals surface area (Å²) in [6, 6.07) is 10.0. The van der Waals surface area contributed by atoms with E-state index in [-0.39, 0.29) is 5.89 Å². The van der Waals surface area contributed by atoms with Crippen molar-refractivity contribution in [3.8, 4) is 11.4 Å². The van der Waals surface area contributed by atoms with Gasteiger partial charge in [0, 0.05) is 49.1 Å². The van der Waals surface area contributed by atoms with E-state index in [1.807, 2.05) is 25.2 Å². The second kappa shape index (κ2) is 8.69. The topological polar surface area (TPSA) is 113 Å². The first-order valence-electron chi connectivity index (χ1n) is 12.6. The van der Waals surface area contributed by atoms with E-state index in [0.29, 0.717) is 35.7 Å². The normalized spacial score (nSPS) is 20.6. The predicted molar refractivity (Wildman–Crippen MR) is 140 cm³/mol. The number of hydrogen-bond donors (Lipinski definition) is 1. The van der Waals surface area contributed by atoms with Crippen LogP contribution in [0.1, 0.15) is 62.1 Å². The van der Waals surface area contributed by atoms with E-state index in [9.17, 15) is 13.5 Å². The molecule has 0 radical (unpaired) electrons. The number of nitrogens with zero attached hydrogens (tertiary/aromatic N) is 5. The lowest BCUT2D eigenvalue weighted by Crippen LogP contribution is -2.63. The van der Waals surface area contributed by atoms with E-state index >= 15 is 0 Å². The van der Waals surface area contributed by atoms with Crippen molar-refractivity contribution >= 4 is 10.0 Å². The van der Waals surface area contributed by atoms with Gasteiger partial charge in [0.1, 0.15) is 11.1 Å². The molecule has 9 nitrogen and oxygen atoms in total. The van der Waals surface area contributed by atoms with Crippen LogP contribution in [0.5, 0.6) is 0 Å². The van der Waals surface area contributed by atoms with Crippen molar-refractivity contribution in [2.24, 2.45) is 5.41 Å². The highest BCUT2D eigenvalue weighted by Gasteiger charge is 2.57. The highest BCUT2D eigenvalue weighted by Crippen LogP contribution is 2.52. The minimum atomic E-state index is -3.43. The molecule has 37 heavy (non-hydrogen) atoms. The van der Waals surface area contributed by atoms with Gasteiger partial charge in [0.05, 0.1) is 6.26 Å². The SMILES string of the molecule is CC(C)c1ccc([C@](O)(c2cncc(-c3noc(C4(N(C)S(C)(=O)=O)CC4)n3)c2)C2(C)CN(C)C2)cc1. The summed E-state index contributed by atoms with van der Waals surface area (Å²) in [5.41, 5.74) is 0.747. The molecule has 1 N–H and O–H groups in total. The average molecular weight is 526 g/mol. The predicted octanol–water partition coefficient (Wildman–Crippen LogP) is 3.32. The summed E-state index contributed by atoms with van der Waals surface area (Å²) < 4.78 is 31.2. The van der Waals surface area contributed by atoms with Crippen LogP contribution in [0.25, 0.3) is 11.4 Å². The van der Waals surface area contributed by atoms with Crippen molar-refractivity contribution in [3.63, 3.8) is 0 Å². The first kappa shape index (κ1) is 26.0. The zero-order chi connectivity index (χ0) is 26.8. The number of likely N-dealkylation sites (tertiary alicyclic amines) is 1. The molecule has 3 aromatic rings. The zero-order valence-corrected chi connectivity index (χ0v) is 23.1. The molecule has 1 saturated carbocycles. The van der Waals surface area contributed by atoms with Gasteiger partial charge in [-0.2, -0.15) is 9.29 Å². The van der Waals surface area contributed by atoms with Crippen LogP contribution >= 0.6 is 0 Å². The van der Waals surface area contributed by atoms with Gasteiger partial charge in [-0.05, 0) is 43.0 Å². The quantitative estimate of drug-likeness (QED) is 0.477. The maximum absolute atomic E-state index is 12.5. The third kappa shape index (κ3) is 4.20. The van der Waals surface area contributed by atoms with E-state index in [0.717, 1.165) is 18.7 Å². The second-order valence-corrected chi connectivity index (χ2v) is 13.4. The fourth-order valence-electron chi connectivity index (χ4n) is 5.74. The van der Waals surface area contributed by atoms with Gasteiger partial charge < -0.3 is 14.5 Å². The molecular weight excluding hydrogens is 490 g/mol. The summed E-state index contributed by atoms with van der Waals surface area (Å²) >= 11 is 0. The molecule has 0 bridgehead atoms. The van der Waals surface area contributed by atoms with Crippen molar-refractivity contribution in [1.29, 1.82) is 0 Å². The van der Waals surface area contributed by atoms with Gasteiger partial charge in [0.25, 0.3) is 0 Å². The Bertz CT molecular complexity index is 1410. The van der Waals surface area contributed by atoms with Crippen LogP contribution in [-0.2, 0) is 21.2 Å². The smallest absolute Gasteiger partial charge is 0.248 e. The van der Waals surface area contributed by atoms with Gasteiger partial charge in [-0.25, -0.2) is 8.42 Å². The van der Waals surface area contributed by atoms with Crippen LogP contribution in [0.3, 0.4) is 0 Å². The molecule has 2 fully saturated rings. The molecule has 0 amide bonds. The number of benzene rings is 1. The Morgan fingerprint density at radius 1 is 1.14 bits per heavy atom. The number of pyridine rings is 1. The first-order valence-corrected chi connectivity index (χ1v) is 14.4. The second-order valence-electron chi connectivity index (χ2n) is 11.4. The van der Waals surface area contributed by atoms with Crippen LogP contribution in [-0.4, -0.2) is 71.3 Å². The molecule has 1 aliphatic heterocycles. The van der Waals surface area contributed by atoms with Gasteiger partial charge >= 0.3 is 0 Å². The lowest BCUT2D eigenvalue weighted by Gasteiger charge is -2.55. The fourth-order valence-corrected chi connectivity index (χ4v) is 6.63. The van der Waals surface area contributed by atoms with Crippen LogP contribution in [0.15, 0.2) is 47.2 Å². The molecule has 2 aromatic heterocycles. The first-order chi connectivity index (χ1) is 17.3. The fraction of sp³-hybridized carbons (Fsp3) is 0.519. The maximum atomic E-state index is 12.5. The Hall–Kier alpha value is -2.66. The summed E-state index contributed by atoms with van der Waals surface area (Å²) in [5.74, 6) is 0.973. The summed E-state index contributed by atoms with van der Waals surface area (Å²) in [6.07, 6.45) is 5.74. The largest absolute Gasteiger partial charge is 0.380 e. The molecule has 1 aliphatic carbocycles. The Balaban J connectivity index is 1.54. The van der Waals surface area contributed by atoms with Crippen molar-refractivity contribution < 1.29 is 18.0 Å². The van der Waals surface area contributed by atoms with Crippen LogP contribution < -0.4 is 0 Å². The Morgan fingerprint density at radius 2 is 1.78 bits per heavy atom. The van der Waals surface area contributed by atoms with Crippen molar-refractivity contribution in [2.75, 3.05) is 33.4 Å². The van der Waals surface area contributed by atoms with Crippen molar-refractivity contribution in [1.82, 2.24) is 24.3 Å². The molecular formula is C27H35N5O4S. The van der Waals surface area contributed by atoms with Crippen LogP contribution in [0, 0.1) is 5.41 Å². The monoisotopic (exact) mass is 525 g/mol. The number of sulfonamides is 1. The van der Waals surface area contributed by atoms with E-state index in [1.54, 1.807) is 12.4 Å². The maximum Gasteiger partial charge on any atom is 0.248 e. The van der Waals surface area contributed by atoms with Gasteiger partial charge in [0.15, 0.2) is 0 Å². The lowest BCUT2D eigenvalue weighted by molar-refractivity contribution is -0.127. The van der Waals surface area contributed by atoms with E-state index in [1.165, 1.54) is 23.2 Å². The Labute approximate surface area is 218 Å². The average Bonchev–Trinajstić information content (AvgIpc) is 3.49. The molecule has 5 rings (SSSR count). The zero-order valence-electron chi connectivity index (χ0n) is 22.3. The number of hydrogen-bond acceptors (Lipinski definition) is 8. The standard InChI is InChI=1S/C27H35N5O4S/c1-18(2)19-7-9-21(10-8-19)27(33,25(3)16-31(4)17-25)22-13-20(14-28-15-22)23-29-24(36-30-23)26(11-12-26)32(5)37(6,34)35/h7-10,13-15,18,33H,11-12,16-17H2,1-6H3/t27-/m0/s1. The highest BCUT2D eigenvalue weighted by atomic mass is 32.2. The van der Waals surface area contributed by atoms with Gasteiger partial charge in [0.2, 0.25) is 21.7 Å². The van der Waals surface area contributed by atoms with E-state index in [4.69, 9.17) is 4.52 Å². The molecule has 1 saturated heterocycles. The minimum Gasteiger partial charge on any atom is -0.380 e. The van der Waals surface area contributed by atoms with Gasteiger partial charge in [-0.15, -0.1) is 0 Å². The molecule has 0 unspecified atom stereocenters. The summed E-state index contributed by atoms with van der Waals surface area (Å²) in [4.78, 5) is 11.2.